The Morgan fingerprint density at radius 2 is 2.00 bits per heavy atom. The molecule has 116 valence electrons. The molecule has 0 aromatic carbocycles. The van der Waals surface area contributed by atoms with Crippen LogP contribution < -0.4 is 5.32 Å². The number of carbonyl (C=O) groups excluding carboxylic acids is 1. The first-order valence-electron chi connectivity index (χ1n) is 6.68. The molecule has 7 heteroatoms. The van der Waals surface area contributed by atoms with Crippen LogP contribution in [0.4, 0.5) is 4.79 Å². The third-order valence-electron chi connectivity index (χ3n) is 4.11. The van der Waals surface area contributed by atoms with E-state index in [1.54, 1.807) is 27.7 Å². The molecule has 5 unspecified atom stereocenters. The van der Waals surface area contributed by atoms with Gasteiger partial charge in [-0.3, -0.25) is 4.79 Å². The zero-order valence-corrected chi connectivity index (χ0v) is 13.0. The lowest BCUT2D eigenvalue weighted by Crippen LogP contribution is -2.64. The van der Waals surface area contributed by atoms with Gasteiger partial charge in [0.2, 0.25) is 5.91 Å². The van der Waals surface area contributed by atoms with Crippen LogP contribution in [-0.2, 0) is 4.79 Å². The standard InChI is InChI=1S/C13H23NO5S/c1-6(2)9(15)13(7(3)5-20-12(18)19)10(16)8(4)11(17)14-13/h6-10,15-16H,5H2,1-4H3,(H,14,17)(H,18,19). The van der Waals surface area contributed by atoms with E-state index in [1.807, 2.05) is 0 Å². The Bertz CT molecular complexity index is 389. The maximum Gasteiger partial charge on any atom is 0.364 e. The summed E-state index contributed by atoms with van der Waals surface area (Å²) in [5, 5.41) is 31.4. The fourth-order valence-electron chi connectivity index (χ4n) is 2.80. The van der Waals surface area contributed by atoms with E-state index in [1.165, 1.54) is 0 Å². The number of aliphatic hydroxyl groups excluding tert-OH is 2. The molecule has 20 heavy (non-hydrogen) atoms. The van der Waals surface area contributed by atoms with Crippen molar-refractivity contribution in [1.29, 1.82) is 0 Å². The number of amides is 1. The second-order valence-electron chi connectivity index (χ2n) is 5.82. The summed E-state index contributed by atoms with van der Waals surface area (Å²) in [5.41, 5.74) is -1.20. The molecule has 0 radical (unpaired) electrons. The second-order valence-corrected chi connectivity index (χ2v) is 6.79. The van der Waals surface area contributed by atoms with Crippen LogP contribution in [0.1, 0.15) is 27.7 Å². The molecule has 0 bridgehead atoms. The molecule has 1 aliphatic heterocycles. The fourth-order valence-corrected chi connectivity index (χ4v) is 3.47. The summed E-state index contributed by atoms with van der Waals surface area (Å²) in [6.45, 7) is 6.94. The average molecular weight is 305 g/mol. The zero-order chi connectivity index (χ0) is 15.7. The number of thioether (sulfide) groups is 1. The van der Waals surface area contributed by atoms with Gasteiger partial charge in [-0.2, -0.15) is 0 Å². The van der Waals surface area contributed by atoms with Crippen LogP contribution >= 0.6 is 11.8 Å². The van der Waals surface area contributed by atoms with E-state index >= 15 is 0 Å². The Labute approximate surface area is 122 Å². The van der Waals surface area contributed by atoms with E-state index in [0.717, 1.165) is 0 Å². The summed E-state index contributed by atoms with van der Waals surface area (Å²) in [6.07, 6.45) is -1.99. The van der Waals surface area contributed by atoms with Gasteiger partial charge >= 0.3 is 5.30 Å². The largest absolute Gasteiger partial charge is 0.473 e. The molecule has 0 aliphatic carbocycles. The van der Waals surface area contributed by atoms with Crippen LogP contribution in [0.25, 0.3) is 0 Å². The Hall–Kier alpha value is -0.790. The van der Waals surface area contributed by atoms with Gasteiger partial charge in [-0.1, -0.05) is 27.7 Å². The van der Waals surface area contributed by atoms with E-state index in [9.17, 15) is 19.8 Å². The predicted octanol–water partition coefficient (Wildman–Crippen LogP) is 0.916. The number of rotatable bonds is 5. The number of nitrogens with one attached hydrogen (secondary N) is 1. The molecule has 1 amide bonds. The molecule has 1 saturated heterocycles. The first-order chi connectivity index (χ1) is 9.14. The maximum atomic E-state index is 11.9. The molecule has 0 saturated carbocycles. The third-order valence-corrected chi connectivity index (χ3v) is 5.02. The monoisotopic (exact) mass is 305 g/mol. The first kappa shape index (κ1) is 17.3. The smallest absolute Gasteiger partial charge is 0.364 e. The van der Waals surface area contributed by atoms with Crippen LogP contribution in [-0.4, -0.2) is 50.0 Å². The zero-order valence-electron chi connectivity index (χ0n) is 12.2. The molecule has 5 atom stereocenters. The second kappa shape index (κ2) is 6.32. The minimum Gasteiger partial charge on any atom is -0.473 e. The molecule has 1 fully saturated rings. The van der Waals surface area contributed by atoms with Crippen molar-refractivity contribution >= 4 is 23.0 Å². The van der Waals surface area contributed by atoms with Gasteiger partial charge < -0.3 is 20.6 Å². The van der Waals surface area contributed by atoms with Gasteiger partial charge in [-0.25, -0.2) is 4.79 Å². The van der Waals surface area contributed by atoms with Gasteiger partial charge in [-0.15, -0.1) is 0 Å². The predicted molar refractivity (Wildman–Crippen MR) is 76.5 cm³/mol. The molecule has 4 N–H and O–H groups in total. The van der Waals surface area contributed by atoms with Gasteiger partial charge in [0.15, 0.2) is 0 Å². The normalized spacial score (nSPS) is 33.0. The summed E-state index contributed by atoms with van der Waals surface area (Å²) in [4.78, 5) is 22.6. The number of aliphatic hydroxyl groups is 2. The van der Waals surface area contributed by atoms with E-state index in [4.69, 9.17) is 5.11 Å². The SMILES string of the molecule is CC(C)C(O)C1(C(C)CSC(=O)O)NC(=O)C(C)C1O. The van der Waals surface area contributed by atoms with Crippen molar-refractivity contribution in [3.05, 3.63) is 0 Å². The van der Waals surface area contributed by atoms with Crippen molar-refractivity contribution in [1.82, 2.24) is 5.32 Å². The highest BCUT2D eigenvalue weighted by Gasteiger charge is 2.58. The molecule has 0 aromatic rings. The van der Waals surface area contributed by atoms with E-state index in [2.05, 4.69) is 5.32 Å². The maximum absolute atomic E-state index is 11.9. The van der Waals surface area contributed by atoms with Crippen LogP contribution in [0.3, 0.4) is 0 Å². The fraction of sp³-hybridized carbons (Fsp3) is 0.846. The topological polar surface area (TPSA) is 107 Å². The summed E-state index contributed by atoms with van der Waals surface area (Å²) in [7, 11) is 0. The molecule has 1 rings (SSSR count). The quantitative estimate of drug-likeness (QED) is 0.601. The Morgan fingerprint density at radius 3 is 2.35 bits per heavy atom. The van der Waals surface area contributed by atoms with E-state index in [0.29, 0.717) is 11.8 Å². The van der Waals surface area contributed by atoms with Crippen LogP contribution in [0.15, 0.2) is 0 Å². The summed E-state index contributed by atoms with van der Waals surface area (Å²) in [5.74, 6) is -1.30. The minimum absolute atomic E-state index is 0.174. The van der Waals surface area contributed by atoms with Crippen LogP contribution in [0.5, 0.6) is 0 Å². The summed E-state index contributed by atoms with van der Waals surface area (Å²) < 4.78 is 0. The van der Waals surface area contributed by atoms with E-state index < -0.39 is 29.0 Å². The number of hydrogen-bond donors (Lipinski definition) is 4. The van der Waals surface area contributed by atoms with Crippen molar-refractivity contribution in [3.63, 3.8) is 0 Å². The minimum atomic E-state index is -1.20. The lowest BCUT2D eigenvalue weighted by Gasteiger charge is -2.43. The Morgan fingerprint density at radius 1 is 1.45 bits per heavy atom. The number of hydrogen-bond acceptors (Lipinski definition) is 5. The molecule has 1 aliphatic rings. The van der Waals surface area contributed by atoms with Gasteiger partial charge in [0, 0.05) is 5.75 Å². The Kier molecular flexibility index (Phi) is 5.46. The van der Waals surface area contributed by atoms with Crippen LogP contribution in [0, 0.1) is 17.8 Å². The molecule has 1 heterocycles. The van der Waals surface area contributed by atoms with Crippen molar-refractivity contribution in [2.24, 2.45) is 17.8 Å². The highest BCUT2D eigenvalue weighted by atomic mass is 32.2. The van der Waals surface area contributed by atoms with Gasteiger partial charge in [0.25, 0.3) is 0 Å². The Balaban J connectivity index is 3.08. The number of carbonyl (C=O) groups is 2. The molecule has 0 spiro atoms. The number of carboxylic acid groups (broad SMARTS) is 1. The van der Waals surface area contributed by atoms with Crippen LogP contribution in [0.2, 0.25) is 0 Å². The molecule has 0 aromatic heterocycles. The first-order valence-corrected chi connectivity index (χ1v) is 7.67. The van der Waals surface area contributed by atoms with Crippen molar-refractivity contribution < 1.29 is 24.9 Å². The highest BCUT2D eigenvalue weighted by Crippen LogP contribution is 2.39. The molecular weight excluding hydrogens is 282 g/mol. The summed E-state index contributed by atoms with van der Waals surface area (Å²) >= 11 is 0.702. The van der Waals surface area contributed by atoms with E-state index in [-0.39, 0.29) is 23.5 Å². The van der Waals surface area contributed by atoms with Gasteiger partial charge in [0.1, 0.15) is 0 Å². The summed E-state index contributed by atoms with van der Waals surface area (Å²) in [6, 6.07) is 0. The average Bonchev–Trinajstić information content (AvgIpc) is 2.60. The van der Waals surface area contributed by atoms with Crippen molar-refractivity contribution in [3.8, 4) is 0 Å². The van der Waals surface area contributed by atoms with Gasteiger partial charge in [-0.05, 0) is 23.6 Å². The molecule has 6 nitrogen and oxygen atoms in total. The lowest BCUT2D eigenvalue weighted by atomic mass is 9.72. The van der Waals surface area contributed by atoms with Crippen molar-refractivity contribution in [2.45, 2.75) is 45.4 Å². The lowest BCUT2D eigenvalue weighted by molar-refractivity contribution is -0.123. The van der Waals surface area contributed by atoms with Crippen molar-refractivity contribution in [2.75, 3.05) is 5.75 Å². The molecular formula is C13H23NO5S. The van der Waals surface area contributed by atoms with Gasteiger partial charge in [0.05, 0.1) is 23.7 Å². The highest BCUT2D eigenvalue weighted by molar-refractivity contribution is 8.13. The third kappa shape index (κ3) is 2.94.